The Labute approximate surface area is 98.8 Å². The van der Waals surface area contributed by atoms with Crippen LogP contribution in [0.25, 0.3) is 0 Å². The molecule has 0 aliphatic heterocycles. The lowest BCUT2D eigenvalue weighted by atomic mass is 10.6. The summed E-state index contributed by atoms with van der Waals surface area (Å²) in [7, 11) is -3.32. The van der Waals surface area contributed by atoms with Crippen LogP contribution in [0, 0.1) is 6.92 Å². The van der Waals surface area contributed by atoms with E-state index < -0.39 is 15.1 Å². The van der Waals surface area contributed by atoms with Gasteiger partial charge >= 0.3 is 0 Å². The molecule has 0 unspecified atom stereocenters. The van der Waals surface area contributed by atoms with Crippen molar-refractivity contribution in [3.8, 4) is 0 Å². The van der Waals surface area contributed by atoms with Gasteiger partial charge in [-0.3, -0.25) is 4.79 Å². The van der Waals surface area contributed by atoms with Crippen molar-refractivity contribution >= 4 is 32.2 Å². The lowest BCUT2D eigenvalue weighted by molar-refractivity contribution is -0.114. The Morgan fingerprint density at radius 1 is 1.44 bits per heavy atom. The fourth-order valence-electron chi connectivity index (χ4n) is 1.06. The molecule has 0 radical (unpaired) electrons. The van der Waals surface area contributed by atoms with Crippen LogP contribution in [0.15, 0.2) is 4.21 Å². The molecule has 90 valence electrons. The molecule has 0 bridgehead atoms. The van der Waals surface area contributed by atoms with Crippen LogP contribution in [0.4, 0.5) is 5.13 Å². The molecule has 1 aromatic rings. The van der Waals surface area contributed by atoms with Gasteiger partial charge in [-0.15, -0.1) is 0 Å². The molecule has 1 heterocycles. The molecule has 7 heteroatoms. The number of aromatic nitrogens is 1. The second-order valence-electron chi connectivity index (χ2n) is 3.67. The third kappa shape index (κ3) is 2.59. The van der Waals surface area contributed by atoms with Crippen LogP contribution in [0.5, 0.6) is 0 Å². The van der Waals surface area contributed by atoms with Gasteiger partial charge in [-0.2, -0.15) is 0 Å². The van der Waals surface area contributed by atoms with Gasteiger partial charge in [0.05, 0.1) is 10.9 Å². The first kappa shape index (κ1) is 13.1. The molecule has 0 saturated heterocycles. The van der Waals surface area contributed by atoms with Crippen LogP contribution < -0.4 is 5.32 Å². The van der Waals surface area contributed by atoms with Crippen LogP contribution in [0.2, 0.25) is 0 Å². The van der Waals surface area contributed by atoms with E-state index in [1.807, 2.05) is 0 Å². The van der Waals surface area contributed by atoms with Crippen molar-refractivity contribution in [1.82, 2.24) is 4.98 Å². The van der Waals surface area contributed by atoms with Crippen molar-refractivity contribution in [2.75, 3.05) is 5.32 Å². The standard InChI is InChI=1S/C9H14N2O3S2/c1-5(2)16(13,14)8-6(3)10-9(15-8)11-7(4)12/h5H,1-4H3,(H,10,11,12). The molecule has 0 spiro atoms. The van der Waals surface area contributed by atoms with Gasteiger partial charge in [-0.25, -0.2) is 13.4 Å². The van der Waals surface area contributed by atoms with Gasteiger partial charge in [0, 0.05) is 6.92 Å². The summed E-state index contributed by atoms with van der Waals surface area (Å²) >= 11 is 0.992. The number of amides is 1. The minimum absolute atomic E-state index is 0.228. The SMILES string of the molecule is CC(=O)Nc1nc(C)c(S(=O)(=O)C(C)C)s1. The second-order valence-corrected chi connectivity index (χ2v) is 7.37. The van der Waals surface area contributed by atoms with E-state index in [0.717, 1.165) is 11.3 Å². The van der Waals surface area contributed by atoms with Gasteiger partial charge in [0.1, 0.15) is 4.21 Å². The van der Waals surface area contributed by atoms with Gasteiger partial charge in [0.25, 0.3) is 0 Å². The van der Waals surface area contributed by atoms with Crippen molar-refractivity contribution in [1.29, 1.82) is 0 Å². The molecule has 0 aliphatic carbocycles. The molecule has 0 atom stereocenters. The van der Waals surface area contributed by atoms with Crippen LogP contribution in [-0.4, -0.2) is 24.6 Å². The van der Waals surface area contributed by atoms with Crippen LogP contribution in [0.3, 0.4) is 0 Å². The maximum absolute atomic E-state index is 11.9. The Morgan fingerprint density at radius 3 is 2.44 bits per heavy atom. The number of sulfone groups is 1. The Bertz CT molecular complexity index is 503. The maximum atomic E-state index is 11.9. The summed E-state index contributed by atoms with van der Waals surface area (Å²) in [5.74, 6) is -0.262. The predicted octanol–water partition coefficient (Wildman–Crippen LogP) is 1.59. The smallest absolute Gasteiger partial charge is 0.223 e. The van der Waals surface area contributed by atoms with Gasteiger partial charge in [0.2, 0.25) is 5.91 Å². The number of hydrogen-bond acceptors (Lipinski definition) is 5. The average molecular weight is 262 g/mol. The van der Waals surface area contributed by atoms with E-state index in [1.54, 1.807) is 20.8 Å². The summed E-state index contributed by atoms with van der Waals surface area (Å²) in [4.78, 5) is 14.8. The molecular weight excluding hydrogens is 248 g/mol. The monoisotopic (exact) mass is 262 g/mol. The van der Waals surface area contributed by atoms with Crippen molar-refractivity contribution in [3.63, 3.8) is 0 Å². The van der Waals surface area contributed by atoms with Gasteiger partial charge < -0.3 is 5.32 Å². The third-order valence-corrected chi connectivity index (χ3v) is 5.78. The lowest BCUT2D eigenvalue weighted by Gasteiger charge is -2.04. The zero-order valence-corrected chi connectivity index (χ0v) is 11.2. The van der Waals surface area contributed by atoms with Crippen LogP contribution >= 0.6 is 11.3 Å². The number of thiazole rings is 1. The Hall–Kier alpha value is -0.950. The Kier molecular flexibility index (Phi) is 3.69. The van der Waals surface area contributed by atoms with Crippen molar-refractivity contribution in [3.05, 3.63) is 5.69 Å². The zero-order chi connectivity index (χ0) is 12.5. The Balaban J connectivity index is 3.17. The highest BCUT2D eigenvalue weighted by Gasteiger charge is 2.25. The number of nitrogens with one attached hydrogen (secondary N) is 1. The summed E-state index contributed by atoms with van der Waals surface area (Å²) in [6, 6.07) is 0. The van der Waals surface area contributed by atoms with E-state index in [0.29, 0.717) is 10.8 Å². The number of hydrogen-bond donors (Lipinski definition) is 1. The van der Waals surface area contributed by atoms with E-state index in [2.05, 4.69) is 10.3 Å². The second kappa shape index (κ2) is 4.50. The van der Waals surface area contributed by atoms with E-state index in [-0.39, 0.29) is 10.1 Å². The first-order valence-corrected chi connectivity index (χ1v) is 7.10. The van der Waals surface area contributed by atoms with Crippen molar-refractivity contribution < 1.29 is 13.2 Å². The van der Waals surface area contributed by atoms with Gasteiger partial charge in [0.15, 0.2) is 15.0 Å². The number of carbonyl (C=O) groups is 1. The molecule has 0 aliphatic rings. The molecule has 5 nitrogen and oxygen atoms in total. The van der Waals surface area contributed by atoms with Crippen LogP contribution in [0.1, 0.15) is 26.5 Å². The molecule has 0 saturated carbocycles. The molecule has 1 aromatic heterocycles. The number of anilines is 1. The van der Waals surface area contributed by atoms with E-state index in [9.17, 15) is 13.2 Å². The molecule has 16 heavy (non-hydrogen) atoms. The summed E-state index contributed by atoms with van der Waals surface area (Å²) in [5.41, 5.74) is 0.433. The number of carbonyl (C=O) groups excluding carboxylic acids is 1. The minimum atomic E-state index is -3.32. The fraction of sp³-hybridized carbons (Fsp3) is 0.556. The van der Waals surface area contributed by atoms with E-state index >= 15 is 0 Å². The highest BCUT2D eigenvalue weighted by Crippen LogP contribution is 2.29. The highest BCUT2D eigenvalue weighted by atomic mass is 32.2. The third-order valence-electron chi connectivity index (χ3n) is 1.92. The van der Waals surface area contributed by atoms with Crippen molar-refractivity contribution in [2.24, 2.45) is 0 Å². The molecule has 0 aromatic carbocycles. The van der Waals surface area contributed by atoms with E-state index in [1.165, 1.54) is 6.92 Å². The number of rotatable bonds is 3. The Morgan fingerprint density at radius 2 is 2.00 bits per heavy atom. The highest BCUT2D eigenvalue weighted by molar-refractivity contribution is 7.94. The predicted molar refractivity (Wildman–Crippen MR) is 63.5 cm³/mol. The van der Waals surface area contributed by atoms with Gasteiger partial charge in [-0.05, 0) is 20.8 Å². The quantitative estimate of drug-likeness (QED) is 0.897. The van der Waals surface area contributed by atoms with Crippen LogP contribution in [-0.2, 0) is 14.6 Å². The number of aryl methyl sites for hydroxylation is 1. The minimum Gasteiger partial charge on any atom is -0.302 e. The fourth-order valence-corrected chi connectivity index (χ4v) is 3.98. The molecule has 0 fully saturated rings. The molecule has 1 N–H and O–H groups in total. The average Bonchev–Trinajstić information content (AvgIpc) is 2.45. The first-order valence-electron chi connectivity index (χ1n) is 4.74. The summed E-state index contributed by atoms with van der Waals surface area (Å²) in [6.45, 7) is 6.21. The zero-order valence-electron chi connectivity index (χ0n) is 9.57. The molecule has 1 amide bonds. The largest absolute Gasteiger partial charge is 0.302 e. The lowest BCUT2D eigenvalue weighted by Crippen LogP contribution is -2.13. The maximum Gasteiger partial charge on any atom is 0.223 e. The molecular formula is C9H14N2O3S2. The topological polar surface area (TPSA) is 76.1 Å². The summed E-state index contributed by atoms with van der Waals surface area (Å²) in [5, 5.41) is 2.32. The van der Waals surface area contributed by atoms with Gasteiger partial charge in [-0.1, -0.05) is 11.3 Å². The van der Waals surface area contributed by atoms with Crippen molar-refractivity contribution in [2.45, 2.75) is 37.2 Å². The summed E-state index contributed by atoms with van der Waals surface area (Å²) in [6.07, 6.45) is 0. The van der Waals surface area contributed by atoms with E-state index in [4.69, 9.17) is 0 Å². The normalized spacial score (nSPS) is 11.8. The number of nitrogens with zero attached hydrogens (tertiary/aromatic N) is 1. The summed E-state index contributed by atoms with van der Waals surface area (Å²) < 4.78 is 24.0. The first-order chi connectivity index (χ1) is 7.25. The molecule has 1 rings (SSSR count).